The molecule has 0 unspecified atom stereocenters. The third kappa shape index (κ3) is 6.61. The maximum absolute atomic E-state index is 5.56. The van der Waals surface area contributed by atoms with Gasteiger partial charge in [0.05, 0.1) is 66.2 Å². The van der Waals surface area contributed by atoms with Gasteiger partial charge in [-0.2, -0.15) is 30.0 Å². The van der Waals surface area contributed by atoms with E-state index in [0.717, 1.165) is 148 Å². The van der Waals surface area contributed by atoms with Gasteiger partial charge in [-0.1, -0.05) is 164 Å². The number of aliphatic imine (C=N–C) groups is 6. The van der Waals surface area contributed by atoms with Gasteiger partial charge in [0.1, 0.15) is 0 Å². The third-order valence-electron chi connectivity index (χ3n) is 18.8. The van der Waals surface area contributed by atoms with Gasteiger partial charge in [0.2, 0.25) is 35.8 Å². The number of benzene rings is 12. The molecular formula is C78H45N13. The molecular weight excluding hydrogens is 1120 g/mol. The Balaban J connectivity index is 0.848. The van der Waals surface area contributed by atoms with Gasteiger partial charge < -0.3 is 13.7 Å². The number of hydrogen-bond donors (Lipinski definition) is 0. The zero-order chi connectivity index (χ0) is 59.2. The molecule has 12 aromatic carbocycles. The fourth-order valence-electron chi connectivity index (χ4n) is 15.1. The molecule has 13 nitrogen and oxygen atoms in total. The van der Waals surface area contributed by atoms with Crippen molar-refractivity contribution in [2.45, 2.75) is 0 Å². The van der Waals surface area contributed by atoms with E-state index in [0.29, 0.717) is 35.8 Å². The monoisotopic (exact) mass is 1160 g/mol. The summed E-state index contributed by atoms with van der Waals surface area (Å²) in [5.41, 5.74) is 15.6. The molecule has 0 radical (unpaired) electrons. The maximum Gasteiger partial charge on any atom is 0.246 e. The van der Waals surface area contributed by atoms with E-state index < -0.39 is 0 Å². The summed E-state index contributed by atoms with van der Waals surface area (Å²) in [6, 6.07) is 97.2. The van der Waals surface area contributed by atoms with Crippen molar-refractivity contribution in [1.29, 1.82) is 0 Å². The maximum atomic E-state index is 5.56. The van der Waals surface area contributed by atoms with E-state index >= 15 is 0 Å². The van der Waals surface area contributed by atoms with Crippen LogP contribution in [0.1, 0.15) is 0 Å². The molecule has 6 aromatic heterocycles. The number of fused-ring (bicyclic) bond motifs is 18. The predicted octanol–water partition coefficient (Wildman–Crippen LogP) is 17.7. The van der Waals surface area contributed by atoms with Crippen molar-refractivity contribution in [3.63, 3.8) is 0 Å². The van der Waals surface area contributed by atoms with E-state index in [9.17, 15) is 0 Å². The molecule has 3 aliphatic rings. The second-order valence-electron chi connectivity index (χ2n) is 23.6. The normalized spacial score (nSPS) is 14.3. The Bertz CT molecular complexity index is 5870. The van der Waals surface area contributed by atoms with Crippen LogP contribution in [0.25, 0.3) is 148 Å². The van der Waals surface area contributed by atoms with Crippen LogP contribution >= 0.6 is 0 Å². The molecule has 13 heteroatoms. The molecule has 0 fully saturated rings. The lowest BCUT2D eigenvalue weighted by atomic mass is 10.1. The molecule has 0 bridgehead atoms. The van der Waals surface area contributed by atoms with Gasteiger partial charge in [0.25, 0.3) is 0 Å². The zero-order valence-electron chi connectivity index (χ0n) is 48.3. The Hall–Kier alpha value is -12.7. The SMILES string of the molecule is c1ccc(-n2c3ccccc3c3cc4c(cc32)c2ccccc2n4C2=NC3=NC(n4c5ccccc5c5cc6c(cc54)c4ccccc4n6-c4ccccc4)=NC4=NC(n5c6ccccc6c6cc7c(cc65)c5ccccc5n7-c5ccccc5)=NC(=N2)N34)cc1. The lowest BCUT2D eigenvalue weighted by Gasteiger charge is -2.31. The number of hydrogen-bond acceptors (Lipinski definition) is 7. The van der Waals surface area contributed by atoms with Crippen molar-refractivity contribution < 1.29 is 0 Å². The average Bonchev–Trinajstić information content (AvgIpc) is 1.60. The van der Waals surface area contributed by atoms with Gasteiger partial charge >= 0.3 is 0 Å². The molecule has 21 rings (SSSR count). The highest BCUT2D eigenvalue weighted by molar-refractivity contribution is 6.34. The molecule has 0 saturated carbocycles. The molecule has 0 spiro atoms. The minimum Gasteiger partial charge on any atom is -0.309 e. The van der Waals surface area contributed by atoms with Crippen LogP contribution in [-0.2, 0) is 0 Å². The molecule has 9 heterocycles. The summed E-state index contributed by atoms with van der Waals surface area (Å²) in [5, 5.41) is 13.1. The van der Waals surface area contributed by atoms with Crippen LogP contribution in [0.5, 0.6) is 0 Å². The van der Waals surface area contributed by atoms with Crippen molar-refractivity contribution in [1.82, 2.24) is 32.3 Å². The number of rotatable bonds is 3. The lowest BCUT2D eigenvalue weighted by molar-refractivity contribution is 0.814. The standard InChI is InChI=1S/C78H45N13/c1-4-22-46(23-5-1)85-61-34-16-10-28-49(61)55-43-70-58(40-67(55)85)52-31-13-19-37-64(52)88(70)73-79-76-81-74(89-65-38-20-14-32-53(65)59-41-68-56(44-71(59)89)50-29-11-17-35-62(50)86(68)47-24-6-2-7-25-47)83-78-84-75(82-77(80-73)91(76)78)90-66-39-21-15-33-54(66)60-42-69-57(45-72(60)90)51-30-12-18-36-63(51)87(69)48-26-8-3-9-27-48/h1-45H. The van der Waals surface area contributed by atoms with E-state index in [-0.39, 0.29) is 0 Å². The molecule has 0 atom stereocenters. The Labute approximate surface area is 516 Å². The number of para-hydroxylation sites is 9. The quantitative estimate of drug-likeness (QED) is 0.173. The second kappa shape index (κ2) is 17.9. The summed E-state index contributed by atoms with van der Waals surface area (Å²) in [7, 11) is 0. The van der Waals surface area contributed by atoms with Gasteiger partial charge in [-0.25, -0.2) is 4.90 Å². The van der Waals surface area contributed by atoms with E-state index in [1.54, 1.807) is 4.90 Å². The first kappa shape index (κ1) is 48.4. The summed E-state index contributed by atoms with van der Waals surface area (Å²) in [5.74, 6) is 2.23. The predicted molar refractivity (Wildman–Crippen MR) is 374 cm³/mol. The highest BCUT2D eigenvalue weighted by Gasteiger charge is 2.38. The largest absolute Gasteiger partial charge is 0.309 e. The Morgan fingerprint density at radius 1 is 0.154 bits per heavy atom. The Morgan fingerprint density at radius 2 is 0.341 bits per heavy atom. The van der Waals surface area contributed by atoms with E-state index in [1.807, 2.05) is 0 Å². The van der Waals surface area contributed by atoms with E-state index in [4.69, 9.17) is 30.0 Å². The van der Waals surface area contributed by atoms with Crippen LogP contribution in [0.2, 0.25) is 0 Å². The molecule has 0 aliphatic carbocycles. The summed E-state index contributed by atoms with van der Waals surface area (Å²) < 4.78 is 13.6. The van der Waals surface area contributed by atoms with Gasteiger partial charge in [0.15, 0.2) is 0 Å². The first-order valence-electron chi connectivity index (χ1n) is 30.5. The fourth-order valence-corrected chi connectivity index (χ4v) is 15.1. The minimum absolute atomic E-state index is 0.338. The molecule has 422 valence electrons. The molecule has 0 N–H and O–H groups in total. The van der Waals surface area contributed by atoms with Gasteiger partial charge in [0, 0.05) is 81.7 Å². The van der Waals surface area contributed by atoms with Crippen molar-refractivity contribution in [2.75, 3.05) is 0 Å². The second-order valence-corrected chi connectivity index (χ2v) is 23.6. The lowest BCUT2D eigenvalue weighted by Crippen LogP contribution is -2.49. The van der Waals surface area contributed by atoms with Crippen LogP contribution in [0, 0.1) is 0 Å². The first-order valence-corrected chi connectivity index (χ1v) is 30.5. The van der Waals surface area contributed by atoms with E-state index in [2.05, 4.69) is 300 Å². The summed E-state index contributed by atoms with van der Waals surface area (Å²) in [4.78, 5) is 35.1. The molecule has 3 aliphatic heterocycles. The highest BCUT2D eigenvalue weighted by atomic mass is 15.5. The topological polar surface area (TPSA) is 107 Å². The highest BCUT2D eigenvalue weighted by Crippen LogP contribution is 2.43. The molecule has 0 amide bonds. The van der Waals surface area contributed by atoms with Gasteiger partial charge in [-0.15, -0.1) is 0 Å². The van der Waals surface area contributed by atoms with Gasteiger partial charge in [-0.05, 0) is 109 Å². The van der Waals surface area contributed by atoms with Crippen molar-refractivity contribution in [2.24, 2.45) is 30.0 Å². The Morgan fingerprint density at radius 3 is 0.582 bits per heavy atom. The molecule has 91 heavy (non-hydrogen) atoms. The molecule has 0 saturated heterocycles. The van der Waals surface area contributed by atoms with Gasteiger partial charge in [-0.3, -0.25) is 13.7 Å². The van der Waals surface area contributed by atoms with Crippen LogP contribution in [0.4, 0.5) is 0 Å². The summed E-state index contributed by atoms with van der Waals surface area (Å²) in [6.45, 7) is 0. The Kier molecular flexibility index (Phi) is 9.54. The fraction of sp³-hybridized carbons (Fsp3) is 0. The van der Waals surface area contributed by atoms with Crippen molar-refractivity contribution >= 4 is 167 Å². The number of nitrogens with zero attached hydrogens (tertiary/aromatic N) is 13. The average molecular weight is 1160 g/mol. The summed E-state index contributed by atoms with van der Waals surface area (Å²) >= 11 is 0. The van der Waals surface area contributed by atoms with Crippen LogP contribution in [-0.4, -0.2) is 68.1 Å². The van der Waals surface area contributed by atoms with Crippen LogP contribution in [0.3, 0.4) is 0 Å². The smallest absolute Gasteiger partial charge is 0.246 e. The van der Waals surface area contributed by atoms with Crippen molar-refractivity contribution in [3.05, 3.63) is 273 Å². The zero-order valence-corrected chi connectivity index (χ0v) is 48.3. The van der Waals surface area contributed by atoms with Crippen LogP contribution in [0.15, 0.2) is 303 Å². The minimum atomic E-state index is 0.338. The first-order chi connectivity index (χ1) is 45.1. The number of aromatic nitrogens is 6. The molecule has 18 aromatic rings. The summed E-state index contributed by atoms with van der Waals surface area (Å²) in [6.07, 6.45) is 0. The van der Waals surface area contributed by atoms with Crippen molar-refractivity contribution in [3.8, 4) is 17.1 Å². The third-order valence-corrected chi connectivity index (χ3v) is 18.8. The van der Waals surface area contributed by atoms with E-state index in [1.165, 1.54) is 0 Å². The van der Waals surface area contributed by atoms with Crippen LogP contribution < -0.4 is 0 Å². The number of guanidine groups is 3.